The van der Waals surface area contributed by atoms with Crippen LogP contribution in [0.2, 0.25) is 0 Å². The average molecular weight is 276 g/mol. The molecule has 0 spiro atoms. The van der Waals surface area contributed by atoms with Crippen molar-refractivity contribution in [3.8, 4) is 23.7 Å². The van der Waals surface area contributed by atoms with E-state index in [0.717, 1.165) is 0 Å². The maximum absolute atomic E-state index is 11.3. The summed E-state index contributed by atoms with van der Waals surface area (Å²) < 4.78 is 0. The van der Waals surface area contributed by atoms with Gasteiger partial charge in [-0.2, -0.15) is 0 Å². The molecule has 0 aliphatic heterocycles. The average Bonchev–Trinajstić information content (AvgIpc) is 2.37. The van der Waals surface area contributed by atoms with Crippen molar-refractivity contribution >= 4 is 11.8 Å². The quantitative estimate of drug-likeness (QED) is 0.719. The third-order valence-electron chi connectivity index (χ3n) is 2.15. The van der Waals surface area contributed by atoms with Gasteiger partial charge in [0.25, 0.3) is 0 Å². The van der Waals surface area contributed by atoms with Crippen LogP contribution in [0.25, 0.3) is 0 Å². The Morgan fingerprint density at radius 2 is 1.15 bits per heavy atom. The Balaban J connectivity index is 3.84. The highest BCUT2D eigenvalue weighted by Gasteiger charge is 1.99. The number of hydrogen-bond acceptors (Lipinski definition) is 2. The molecule has 20 heavy (non-hydrogen) atoms. The number of amides is 2. The lowest BCUT2D eigenvalue weighted by Gasteiger charge is -2.04. The zero-order chi connectivity index (χ0) is 15.4. The Kier molecular flexibility index (Phi) is 9.87. The Morgan fingerprint density at radius 1 is 0.800 bits per heavy atom. The summed E-state index contributed by atoms with van der Waals surface area (Å²) in [4.78, 5) is 22.6. The van der Waals surface area contributed by atoms with Crippen molar-refractivity contribution in [1.29, 1.82) is 0 Å². The van der Waals surface area contributed by atoms with E-state index in [1.54, 1.807) is 0 Å². The second kappa shape index (κ2) is 10.9. The summed E-state index contributed by atoms with van der Waals surface area (Å²) in [7, 11) is 0. The van der Waals surface area contributed by atoms with E-state index in [9.17, 15) is 9.59 Å². The lowest BCUT2D eigenvalue weighted by Crippen LogP contribution is -2.26. The Labute approximate surface area is 122 Å². The van der Waals surface area contributed by atoms with Crippen molar-refractivity contribution in [2.75, 3.05) is 13.1 Å². The molecule has 2 N–H and O–H groups in total. The molecule has 0 aromatic heterocycles. The normalized spacial score (nSPS) is 9.30. The predicted octanol–water partition coefficient (Wildman–Crippen LogP) is 1.32. The van der Waals surface area contributed by atoms with E-state index in [2.05, 4.69) is 34.3 Å². The summed E-state index contributed by atoms with van der Waals surface area (Å²) in [6.07, 6.45) is 0.280. The largest absolute Gasteiger partial charge is 0.355 e. The van der Waals surface area contributed by atoms with Crippen molar-refractivity contribution in [3.05, 3.63) is 0 Å². The van der Waals surface area contributed by atoms with Gasteiger partial charge in [-0.15, -0.1) is 0 Å². The van der Waals surface area contributed by atoms with Crippen LogP contribution in [0.15, 0.2) is 0 Å². The zero-order valence-electron chi connectivity index (χ0n) is 12.8. The first-order valence-electron chi connectivity index (χ1n) is 6.91. The van der Waals surface area contributed by atoms with Crippen LogP contribution in [0.4, 0.5) is 0 Å². The molecule has 0 aliphatic rings. The Bertz CT molecular complexity index is 389. The van der Waals surface area contributed by atoms with E-state index in [1.165, 1.54) is 0 Å². The Morgan fingerprint density at radius 3 is 1.45 bits per heavy atom. The van der Waals surface area contributed by atoms with Gasteiger partial charge >= 0.3 is 0 Å². The molecule has 0 rings (SSSR count). The molecule has 0 aromatic carbocycles. The minimum Gasteiger partial charge on any atom is -0.355 e. The number of rotatable bonds is 6. The number of hydrogen-bond donors (Lipinski definition) is 2. The topological polar surface area (TPSA) is 58.2 Å². The van der Waals surface area contributed by atoms with Gasteiger partial charge in [-0.05, 0) is 23.7 Å². The summed E-state index contributed by atoms with van der Waals surface area (Å²) in [6, 6.07) is 0. The monoisotopic (exact) mass is 276 g/mol. The molecule has 2 amide bonds. The fourth-order valence-electron chi connectivity index (χ4n) is 1.10. The minimum absolute atomic E-state index is 0.0947. The number of carbonyl (C=O) groups excluding carboxylic acids is 2. The highest BCUT2D eigenvalue weighted by Crippen LogP contribution is 1.88. The van der Waals surface area contributed by atoms with Crippen LogP contribution >= 0.6 is 0 Å². The molecule has 4 heteroatoms. The molecule has 0 aromatic rings. The molecule has 4 nitrogen and oxygen atoms in total. The van der Waals surface area contributed by atoms with Gasteiger partial charge in [-0.1, -0.05) is 39.5 Å². The first-order valence-corrected chi connectivity index (χ1v) is 6.91. The van der Waals surface area contributed by atoms with E-state index < -0.39 is 0 Å². The minimum atomic E-state index is -0.0947. The molecule has 0 aliphatic carbocycles. The van der Waals surface area contributed by atoms with Crippen LogP contribution < -0.4 is 10.6 Å². The lowest BCUT2D eigenvalue weighted by molar-refractivity contribution is -0.121. The van der Waals surface area contributed by atoms with Crippen LogP contribution in [0.3, 0.4) is 0 Å². The fraction of sp³-hybridized carbons (Fsp3) is 0.625. The Hall–Kier alpha value is -1.94. The van der Waals surface area contributed by atoms with Crippen molar-refractivity contribution in [2.24, 2.45) is 11.8 Å². The fourth-order valence-corrected chi connectivity index (χ4v) is 1.10. The summed E-state index contributed by atoms with van der Waals surface area (Å²) in [5.41, 5.74) is 0. The number of nitrogens with one attached hydrogen (secondary N) is 2. The van der Waals surface area contributed by atoms with E-state index >= 15 is 0 Å². The third kappa shape index (κ3) is 12.5. The number of carbonyl (C=O) groups is 2. The molecule has 0 saturated carbocycles. The molecule has 0 unspecified atom stereocenters. The molecule has 0 atom stereocenters. The molecule has 0 bridgehead atoms. The van der Waals surface area contributed by atoms with E-state index in [4.69, 9.17) is 0 Å². The van der Waals surface area contributed by atoms with Gasteiger partial charge < -0.3 is 10.6 Å². The first-order chi connectivity index (χ1) is 9.41. The van der Waals surface area contributed by atoms with Crippen molar-refractivity contribution < 1.29 is 9.59 Å². The van der Waals surface area contributed by atoms with E-state index in [-0.39, 0.29) is 24.7 Å². The highest BCUT2D eigenvalue weighted by atomic mass is 16.2. The summed E-state index contributed by atoms with van der Waals surface area (Å²) in [5.74, 6) is 11.1. The van der Waals surface area contributed by atoms with Crippen molar-refractivity contribution in [3.63, 3.8) is 0 Å². The maximum atomic E-state index is 11.3. The second-order valence-corrected chi connectivity index (χ2v) is 5.35. The van der Waals surface area contributed by atoms with Gasteiger partial charge in [0, 0.05) is 13.1 Å². The third-order valence-corrected chi connectivity index (χ3v) is 2.15. The van der Waals surface area contributed by atoms with Crippen LogP contribution in [0, 0.1) is 35.5 Å². The smallest absolute Gasteiger partial charge is 0.232 e. The van der Waals surface area contributed by atoms with Gasteiger partial charge in [-0.25, -0.2) is 0 Å². The maximum Gasteiger partial charge on any atom is 0.232 e. The van der Waals surface area contributed by atoms with Gasteiger partial charge in [-0.3, -0.25) is 9.59 Å². The highest BCUT2D eigenvalue weighted by molar-refractivity contribution is 5.79. The van der Waals surface area contributed by atoms with E-state index in [0.29, 0.717) is 24.9 Å². The van der Waals surface area contributed by atoms with E-state index in [1.807, 2.05) is 27.7 Å². The van der Waals surface area contributed by atoms with Gasteiger partial charge in [0.05, 0.1) is 12.8 Å². The van der Waals surface area contributed by atoms with Gasteiger partial charge in [0.1, 0.15) is 0 Å². The summed E-state index contributed by atoms with van der Waals surface area (Å²) in [5, 5.41) is 5.53. The van der Waals surface area contributed by atoms with Crippen molar-refractivity contribution in [1.82, 2.24) is 10.6 Å². The summed E-state index contributed by atoms with van der Waals surface area (Å²) >= 11 is 0. The molecule has 110 valence electrons. The molecule has 0 fully saturated rings. The SMILES string of the molecule is CC(C)CNC(=O)CC#CC#CCC(=O)NCC(C)C. The summed E-state index contributed by atoms with van der Waals surface area (Å²) in [6.45, 7) is 9.43. The molecule has 0 heterocycles. The second-order valence-electron chi connectivity index (χ2n) is 5.35. The molecular formula is C16H24N2O2. The molecular weight excluding hydrogens is 252 g/mol. The van der Waals surface area contributed by atoms with Crippen LogP contribution in [-0.4, -0.2) is 24.9 Å². The van der Waals surface area contributed by atoms with Crippen LogP contribution in [0.1, 0.15) is 40.5 Å². The predicted molar refractivity (Wildman–Crippen MR) is 80.5 cm³/mol. The molecule has 0 radical (unpaired) electrons. The van der Waals surface area contributed by atoms with Crippen LogP contribution in [-0.2, 0) is 9.59 Å². The van der Waals surface area contributed by atoms with Crippen LogP contribution in [0.5, 0.6) is 0 Å². The zero-order valence-corrected chi connectivity index (χ0v) is 12.8. The van der Waals surface area contributed by atoms with Gasteiger partial charge in [0.15, 0.2) is 0 Å². The van der Waals surface area contributed by atoms with Gasteiger partial charge in [0.2, 0.25) is 11.8 Å². The lowest BCUT2D eigenvalue weighted by atomic mass is 10.2. The van der Waals surface area contributed by atoms with Crippen molar-refractivity contribution in [2.45, 2.75) is 40.5 Å². The standard InChI is InChI=1S/C16H24N2O2/c1-13(2)11-17-15(19)9-7-5-6-8-10-16(20)18-12-14(3)4/h13-14H,9-12H2,1-4H3,(H,17,19)(H,18,20). The first kappa shape index (κ1) is 18.1. The molecule has 0 saturated heterocycles.